The van der Waals surface area contributed by atoms with Gasteiger partial charge in [0.25, 0.3) is 0 Å². The maximum atomic E-state index is 13.6. The molecule has 5 heteroatoms. The standard InChI is InChI=1S/C30H26N2O2S/c1-23(30(34)32(26-15-7-3-8-16-26)27-17-9-4-10-18-27)35-28-19-11-14-25(22-28)31-29(33)21-20-24-12-5-2-6-13-24/h2-23H,1H3,(H,31,33)/b21-20+. The van der Waals surface area contributed by atoms with Crippen LogP contribution in [-0.2, 0) is 9.59 Å². The molecule has 4 aromatic rings. The number of carbonyl (C=O) groups is 2. The highest BCUT2D eigenvalue weighted by atomic mass is 32.2. The Hall–Kier alpha value is -4.09. The van der Waals surface area contributed by atoms with Crippen molar-refractivity contribution in [2.24, 2.45) is 0 Å². The minimum atomic E-state index is -0.348. The van der Waals surface area contributed by atoms with Crippen LogP contribution in [0.15, 0.2) is 126 Å². The fraction of sp³-hybridized carbons (Fsp3) is 0.0667. The Bertz CT molecular complexity index is 1250. The molecule has 4 aromatic carbocycles. The summed E-state index contributed by atoms with van der Waals surface area (Å²) in [6, 6.07) is 36.5. The Kier molecular flexibility index (Phi) is 8.15. The third-order valence-electron chi connectivity index (χ3n) is 5.24. The summed E-state index contributed by atoms with van der Waals surface area (Å²) < 4.78 is 0. The van der Waals surface area contributed by atoms with Gasteiger partial charge in [-0.15, -0.1) is 11.8 Å². The SMILES string of the molecule is CC(Sc1cccc(NC(=O)/C=C/c2ccccc2)c1)C(=O)N(c1ccccc1)c1ccccc1. The molecule has 0 aliphatic rings. The topological polar surface area (TPSA) is 49.4 Å². The summed E-state index contributed by atoms with van der Waals surface area (Å²) >= 11 is 1.46. The van der Waals surface area contributed by atoms with Crippen molar-refractivity contribution < 1.29 is 9.59 Å². The summed E-state index contributed by atoms with van der Waals surface area (Å²) in [5, 5.41) is 2.55. The number of amides is 2. The fourth-order valence-electron chi connectivity index (χ4n) is 3.56. The Morgan fingerprint density at radius 2 is 1.34 bits per heavy atom. The van der Waals surface area contributed by atoms with E-state index in [0.717, 1.165) is 21.8 Å². The summed E-state index contributed by atoms with van der Waals surface area (Å²) in [6.45, 7) is 1.90. The minimum absolute atomic E-state index is 0.0207. The van der Waals surface area contributed by atoms with Gasteiger partial charge in [0, 0.05) is 28.0 Å². The second kappa shape index (κ2) is 11.9. The van der Waals surface area contributed by atoms with Gasteiger partial charge in [0.2, 0.25) is 11.8 Å². The first-order valence-corrected chi connectivity index (χ1v) is 12.2. The van der Waals surface area contributed by atoms with Crippen LogP contribution in [0.5, 0.6) is 0 Å². The maximum absolute atomic E-state index is 13.6. The van der Waals surface area contributed by atoms with Gasteiger partial charge in [0.15, 0.2) is 0 Å². The van der Waals surface area contributed by atoms with Crippen LogP contribution in [0.2, 0.25) is 0 Å². The highest BCUT2D eigenvalue weighted by Crippen LogP contribution is 2.32. The zero-order valence-corrected chi connectivity index (χ0v) is 20.2. The summed E-state index contributed by atoms with van der Waals surface area (Å²) in [7, 11) is 0. The number of thioether (sulfide) groups is 1. The second-order valence-corrected chi connectivity index (χ2v) is 9.28. The number of rotatable bonds is 8. The highest BCUT2D eigenvalue weighted by molar-refractivity contribution is 8.00. The molecule has 1 unspecified atom stereocenters. The first kappa shape index (κ1) is 24.0. The number of carbonyl (C=O) groups excluding carboxylic acids is 2. The normalized spacial score (nSPS) is 11.7. The van der Waals surface area contributed by atoms with Gasteiger partial charge < -0.3 is 5.32 Å². The molecule has 0 aliphatic heterocycles. The number of benzene rings is 4. The van der Waals surface area contributed by atoms with Gasteiger partial charge in [-0.2, -0.15) is 0 Å². The molecule has 2 amide bonds. The van der Waals surface area contributed by atoms with Gasteiger partial charge in [0.05, 0.1) is 5.25 Å². The molecule has 1 atom stereocenters. The smallest absolute Gasteiger partial charge is 0.248 e. The number of nitrogens with one attached hydrogen (secondary N) is 1. The van der Waals surface area contributed by atoms with Crippen LogP contribution < -0.4 is 10.2 Å². The first-order chi connectivity index (χ1) is 17.1. The maximum Gasteiger partial charge on any atom is 0.248 e. The third kappa shape index (κ3) is 6.71. The average Bonchev–Trinajstić information content (AvgIpc) is 2.90. The molecule has 0 aromatic heterocycles. The summed E-state index contributed by atoms with van der Waals surface area (Å²) in [5.74, 6) is -0.230. The van der Waals surface area contributed by atoms with Crippen molar-refractivity contribution in [3.05, 3.63) is 127 Å². The van der Waals surface area contributed by atoms with Crippen LogP contribution in [0, 0.1) is 0 Å². The molecular weight excluding hydrogens is 452 g/mol. The van der Waals surface area contributed by atoms with E-state index in [0.29, 0.717) is 5.69 Å². The summed E-state index contributed by atoms with van der Waals surface area (Å²) in [5.41, 5.74) is 3.28. The van der Waals surface area contributed by atoms with E-state index in [4.69, 9.17) is 0 Å². The van der Waals surface area contributed by atoms with Crippen molar-refractivity contribution in [3.8, 4) is 0 Å². The van der Waals surface area contributed by atoms with E-state index in [9.17, 15) is 9.59 Å². The van der Waals surface area contributed by atoms with Crippen molar-refractivity contribution in [2.75, 3.05) is 10.2 Å². The van der Waals surface area contributed by atoms with Crippen molar-refractivity contribution >= 4 is 46.7 Å². The van der Waals surface area contributed by atoms with Gasteiger partial charge in [0.1, 0.15) is 0 Å². The zero-order valence-electron chi connectivity index (χ0n) is 19.4. The fourth-order valence-corrected chi connectivity index (χ4v) is 4.53. The predicted octanol–water partition coefficient (Wildman–Crippen LogP) is 7.18. The monoisotopic (exact) mass is 478 g/mol. The number of nitrogens with zero attached hydrogens (tertiary/aromatic N) is 1. The average molecular weight is 479 g/mol. The minimum Gasteiger partial charge on any atom is -0.322 e. The molecule has 174 valence electrons. The van der Waals surface area contributed by atoms with E-state index < -0.39 is 0 Å². The molecule has 4 nitrogen and oxygen atoms in total. The molecule has 35 heavy (non-hydrogen) atoms. The molecule has 0 saturated heterocycles. The Balaban J connectivity index is 1.45. The second-order valence-electron chi connectivity index (χ2n) is 7.87. The van der Waals surface area contributed by atoms with Crippen LogP contribution in [-0.4, -0.2) is 17.1 Å². The lowest BCUT2D eigenvalue weighted by molar-refractivity contribution is -0.117. The van der Waals surface area contributed by atoms with E-state index in [1.807, 2.05) is 122 Å². The molecule has 0 aliphatic carbocycles. The zero-order chi connectivity index (χ0) is 24.5. The Morgan fingerprint density at radius 3 is 1.94 bits per heavy atom. The highest BCUT2D eigenvalue weighted by Gasteiger charge is 2.24. The van der Waals surface area contributed by atoms with Crippen LogP contribution in [0.1, 0.15) is 12.5 Å². The van der Waals surface area contributed by atoms with Crippen LogP contribution in [0.3, 0.4) is 0 Å². The third-order valence-corrected chi connectivity index (χ3v) is 6.32. The first-order valence-electron chi connectivity index (χ1n) is 11.3. The summed E-state index contributed by atoms with van der Waals surface area (Å²) in [6.07, 6.45) is 3.29. The van der Waals surface area contributed by atoms with E-state index in [2.05, 4.69) is 5.32 Å². The number of hydrogen-bond acceptors (Lipinski definition) is 3. The molecule has 0 heterocycles. The molecule has 0 fully saturated rings. The van der Waals surface area contributed by atoms with E-state index in [1.165, 1.54) is 17.8 Å². The molecule has 1 N–H and O–H groups in total. The van der Waals surface area contributed by atoms with Gasteiger partial charge in [-0.3, -0.25) is 14.5 Å². The number of anilines is 3. The van der Waals surface area contributed by atoms with Crippen molar-refractivity contribution in [1.29, 1.82) is 0 Å². The molecule has 0 bridgehead atoms. The van der Waals surface area contributed by atoms with Crippen LogP contribution in [0.25, 0.3) is 6.08 Å². The molecule has 0 saturated carbocycles. The molecule has 0 spiro atoms. The lowest BCUT2D eigenvalue weighted by Crippen LogP contribution is -2.32. The van der Waals surface area contributed by atoms with Gasteiger partial charge >= 0.3 is 0 Å². The van der Waals surface area contributed by atoms with Gasteiger partial charge in [-0.05, 0) is 61.0 Å². The van der Waals surface area contributed by atoms with E-state index in [-0.39, 0.29) is 17.1 Å². The van der Waals surface area contributed by atoms with Gasteiger partial charge in [-0.25, -0.2) is 0 Å². The molecule has 4 rings (SSSR count). The van der Waals surface area contributed by atoms with E-state index in [1.54, 1.807) is 11.0 Å². The summed E-state index contributed by atoms with van der Waals surface area (Å²) in [4.78, 5) is 28.6. The van der Waals surface area contributed by atoms with Crippen LogP contribution in [0.4, 0.5) is 17.1 Å². The van der Waals surface area contributed by atoms with Crippen molar-refractivity contribution in [1.82, 2.24) is 0 Å². The lowest BCUT2D eigenvalue weighted by atomic mass is 10.2. The number of para-hydroxylation sites is 2. The van der Waals surface area contributed by atoms with Crippen molar-refractivity contribution in [2.45, 2.75) is 17.1 Å². The lowest BCUT2D eigenvalue weighted by Gasteiger charge is -2.26. The molecular formula is C30H26N2O2S. The van der Waals surface area contributed by atoms with Crippen molar-refractivity contribution in [3.63, 3.8) is 0 Å². The van der Waals surface area contributed by atoms with Gasteiger partial charge in [-0.1, -0.05) is 72.8 Å². The Labute approximate surface area is 210 Å². The quantitative estimate of drug-likeness (QED) is 0.215. The van der Waals surface area contributed by atoms with E-state index >= 15 is 0 Å². The molecule has 0 radical (unpaired) electrons. The Morgan fingerprint density at radius 1 is 0.771 bits per heavy atom. The van der Waals surface area contributed by atoms with Crippen LogP contribution >= 0.6 is 11.8 Å². The number of hydrogen-bond donors (Lipinski definition) is 1. The largest absolute Gasteiger partial charge is 0.322 e. The predicted molar refractivity (Wildman–Crippen MR) is 146 cm³/mol.